The summed E-state index contributed by atoms with van der Waals surface area (Å²) in [6.07, 6.45) is 2.40. The first-order valence-electron chi connectivity index (χ1n) is 7.13. The van der Waals surface area contributed by atoms with E-state index in [9.17, 15) is 4.79 Å². The molecule has 7 heteroatoms. The van der Waals surface area contributed by atoms with Crippen molar-refractivity contribution in [3.05, 3.63) is 40.1 Å². The van der Waals surface area contributed by atoms with E-state index < -0.39 is 0 Å². The van der Waals surface area contributed by atoms with E-state index in [1.165, 1.54) is 16.9 Å². The van der Waals surface area contributed by atoms with Gasteiger partial charge in [-0.2, -0.15) is 10.2 Å². The summed E-state index contributed by atoms with van der Waals surface area (Å²) in [4.78, 5) is 12.0. The third-order valence-corrected chi connectivity index (χ3v) is 3.12. The first-order chi connectivity index (χ1) is 10.2. The second-order valence-electron chi connectivity index (χ2n) is 4.62. The van der Waals surface area contributed by atoms with Gasteiger partial charge in [0.15, 0.2) is 0 Å². The van der Waals surface area contributed by atoms with Gasteiger partial charge in [-0.15, -0.1) is 0 Å². The zero-order valence-electron chi connectivity index (χ0n) is 12.5. The molecule has 2 N–H and O–H groups in total. The number of rotatable bonds is 7. The molecule has 0 aromatic carbocycles. The zero-order valence-corrected chi connectivity index (χ0v) is 12.5. The molecule has 0 aliphatic carbocycles. The van der Waals surface area contributed by atoms with Crippen LogP contribution in [0, 0.1) is 0 Å². The molecule has 0 atom stereocenters. The molecule has 0 aliphatic heterocycles. The van der Waals surface area contributed by atoms with E-state index in [0.717, 1.165) is 24.4 Å². The smallest absolute Gasteiger partial charge is 0.270 e. The molecule has 7 nitrogen and oxygen atoms in total. The lowest BCUT2D eigenvalue weighted by atomic mass is 10.3. The average Bonchev–Trinajstić information content (AvgIpc) is 2.90. The predicted molar refractivity (Wildman–Crippen MR) is 79.4 cm³/mol. The SMILES string of the molecule is CCc1cc(Cn2ncc(OCCN)cc2=O)n(CC)n1. The number of hydrogen-bond acceptors (Lipinski definition) is 5. The fourth-order valence-corrected chi connectivity index (χ4v) is 2.03. The molecule has 0 saturated heterocycles. The molecule has 0 radical (unpaired) electrons. The second kappa shape index (κ2) is 7.03. The van der Waals surface area contributed by atoms with Crippen LogP contribution in [-0.4, -0.2) is 32.7 Å². The van der Waals surface area contributed by atoms with Gasteiger partial charge in [0.25, 0.3) is 5.56 Å². The summed E-state index contributed by atoms with van der Waals surface area (Å²) in [5.74, 6) is 0.444. The molecule has 21 heavy (non-hydrogen) atoms. The van der Waals surface area contributed by atoms with Crippen LogP contribution in [0.4, 0.5) is 0 Å². The van der Waals surface area contributed by atoms with Crippen LogP contribution >= 0.6 is 0 Å². The van der Waals surface area contributed by atoms with Gasteiger partial charge in [-0.3, -0.25) is 9.48 Å². The summed E-state index contributed by atoms with van der Waals surface area (Å²) in [6.45, 7) is 6.01. The highest BCUT2D eigenvalue weighted by atomic mass is 16.5. The summed E-state index contributed by atoms with van der Waals surface area (Å²) in [5.41, 5.74) is 7.14. The van der Waals surface area contributed by atoms with Crippen molar-refractivity contribution in [2.24, 2.45) is 5.73 Å². The number of nitrogens with two attached hydrogens (primary N) is 1. The fourth-order valence-electron chi connectivity index (χ4n) is 2.03. The van der Waals surface area contributed by atoms with E-state index in [1.54, 1.807) is 0 Å². The highest BCUT2D eigenvalue weighted by Crippen LogP contribution is 2.08. The van der Waals surface area contributed by atoms with Crippen molar-refractivity contribution >= 4 is 0 Å². The molecule has 0 fully saturated rings. The van der Waals surface area contributed by atoms with E-state index in [4.69, 9.17) is 10.5 Å². The molecule has 2 heterocycles. The van der Waals surface area contributed by atoms with Gasteiger partial charge in [-0.05, 0) is 19.4 Å². The minimum absolute atomic E-state index is 0.202. The topological polar surface area (TPSA) is 88.0 Å². The Morgan fingerprint density at radius 3 is 2.71 bits per heavy atom. The maximum absolute atomic E-state index is 12.0. The first kappa shape index (κ1) is 15.2. The highest BCUT2D eigenvalue weighted by Gasteiger charge is 2.08. The molecular weight excluding hydrogens is 270 g/mol. The molecule has 2 aromatic heterocycles. The van der Waals surface area contributed by atoms with Gasteiger partial charge in [0.1, 0.15) is 12.4 Å². The lowest BCUT2D eigenvalue weighted by molar-refractivity contribution is 0.324. The highest BCUT2D eigenvalue weighted by molar-refractivity contribution is 5.15. The Morgan fingerprint density at radius 2 is 2.10 bits per heavy atom. The van der Waals surface area contributed by atoms with Crippen LogP contribution < -0.4 is 16.0 Å². The molecule has 0 spiro atoms. The van der Waals surface area contributed by atoms with Crippen molar-refractivity contribution < 1.29 is 4.74 Å². The van der Waals surface area contributed by atoms with E-state index >= 15 is 0 Å². The Balaban J connectivity index is 2.19. The Morgan fingerprint density at radius 1 is 1.29 bits per heavy atom. The van der Waals surface area contributed by atoms with Gasteiger partial charge in [0.05, 0.1) is 24.1 Å². The minimum Gasteiger partial charge on any atom is -0.490 e. The van der Waals surface area contributed by atoms with Crippen LogP contribution in [0.5, 0.6) is 5.75 Å². The van der Waals surface area contributed by atoms with E-state index in [0.29, 0.717) is 25.4 Å². The maximum Gasteiger partial charge on any atom is 0.270 e. The van der Waals surface area contributed by atoms with Gasteiger partial charge in [-0.1, -0.05) is 6.92 Å². The van der Waals surface area contributed by atoms with Crippen molar-refractivity contribution in [2.45, 2.75) is 33.4 Å². The molecule has 114 valence electrons. The monoisotopic (exact) mass is 291 g/mol. The number of hydrogen-bond donors (Lipinski definition) is 1. The van der Waals surface area contributed by atoms with Crippen molar-refractivity contribution in [3.8, 4) is 5.75 Å². The standard InChI is InChI=1S/C14H21N5O2/c1-3-11-7-12(18(4-2)17-11)10-19-14(20)8-13(9-16-19)21-6-5-15/h7-9H,3-6,10,15H2,1-2H3. The van der Waals surface area contributed by atoms with Gasteiger partial charge in [-0.25, -0.2) is 4.68 Å². The predicted octanol–water partition coefficient (Wildman–Crippen LogP) is 0.408. The number of aryl methyl sites for hydroxylation is 2. The molecule has 0 saturated carbocycles. The average molecular weight is 291 g/mol. The number of ether oxygens (including phenoxy) is 1. The van der Waals surface area contributed by atoms with Crippen molar-refractivity contribution in [3.63, 3.8) is 0 Å². The zero-order chi connectivity index (χ0) is 15.2. The normalized spacial score (nSPS) is 10.8. The molecule has 2 aromatic rings. The summed E-state index contributed by atoms with van der Waals surface area (Å²) in [6, 6.07) is 3.44. The summed E-state index contributed by atoms with van der Waals surface area (Å²) in [5, 5.41) is 8.60. The van der Waals surface area contributed by atoms with Crippen LogP contribution in [0.25, 0.3) is 0 Å². The van der Waals surface area contributed by atoms with Crippen molar-refractivity contribution in [1.82, 2.24) is 19.6 Å². The number of nitrogens with zero attached hydrogens (tertiary/aromatic N) is 4. The van der Waals surface area contributed by atoms with Gasteiger partial charge >= 0.3 is 0 Å². The Hall–Kier alpha value is -2.15. The molecule has 2 rings (SSSR count). The van der Waals surface area contributed by atoms with Crippen molar-refractivity contribution in [1.29, 1.82) is 0 Å². The maximum atomic E-state index is 12.0. The Bertz CT molecular complexity index is 647. The van der Waals surface area contributed by atoms with Gasteiger partial charge in [0.2, 0.25) is 0 Å². The van der Waals surface area contributed by atoms with Crippen molar-refractivity contribution in [2.75, 3.05) is 13.2 Å². The third-order valence-electron chi connectivity index (χ3n) is 3.12. The van der Waals surface area contributed by atoms with Crippen LogP contribution in [0.1, 0.15) is 25.2 Å². The Kier molecular flexibility index (Phi) is 5.10. The van der Waals surface area contributed by atoms with Crippen LogP contribution in [0.3, 0.4) is 0 Å². The molecule has 0 unspecified atom stereocenters. The Labute approximate surface area is 123 Å². The summed E-state index contributed by atoms with van der Waals surface area (Å²) in [7, 11) is 0. The lowest BCUT2D eigenvalue weighted by Gasteiger charge is -2.08. The first-order valence-corrected chi connectivity index (χ1v) is 7.13. The largest absolute Gasteiger partial charge is 0.490 e. The van der Waals surface area contributed by atoms with Gasteiger partial charge in [0, 0.05) is 19.2 Å². The fraction of sp³-hybridized carbons (Fsp3) is 0.500. The third kappa shape index (κ3) is 3.69. The molecule has 0 bridgehead atoms. The second-order valence-corrected chi connectivity index (χ2v) is 4.62. The van der Waals surface area contributed by atoms with E-state index in [1.807, 2.05) is 17.7 Å². The van der Waals surface area contributed by atoms with Gasteiger partial charge < -0.3 is 10.5 Å². The van der Waals surface area contributed by atoms with E-state index in [-0.39, 0.29) is 5.56 Å². The summed E-state index contributed by atoms with van der Waals surface area (Å²) < 4.78 is 8.58. The summed E-state index contributed by atoms with van der Waals surface area (Å²) >= 11 is 0. The lowest BCUT2D eigenvalue weighted by Crippen LogP contribution is -2.24. The number of aromatic nitrogens is 4. The van der Waals surface area contributed by atoms with Crippen LogP contribution in [0.15, 0.2) is 23.1 Å². The molecule has 0 aliphatic rings. The molecular formula is C14H21N5O2. The van der Waals surface area contributed by atoms with Crippen LogP contribution in [0.2, 0.25) is 0 Å². The van der Waals surface area contributed by atoms with E-state index in [2.05, 4.69) is 17.1 Å². The quantitative estimate of drug-likeness (QED) is 0.798. The minimum atomic E-state index is -0.202. The molecule has 0 amide bonds. The van der Waals surface area contributed by atoms with Crippen LogP contribution in [-0.2, 0) is 19.5 Å².